The standard InChI is InChI=1S/C11H8BrClFNS/c12-10-3-6(5-16-10)11(15)8-4-7(14)1-2-9(8)13/h1-5,11H,15H2. The smallest absolute Gasteiger partial charge is 0.123 e. The van der Waals surface area contributed by atoms with Crippen LogP contribution in [0.3, 0.4) is 0 Å². The summed E-state index contributed by atoms with van der Waals surface area (Å²) in [7, 11) is 0. The van der Waals surface area contributed by atoms with Crippen LogP contribution in [-0.2, 0) is 0 Å². The molecule has 2 rings (SSSR count). The lowest BCUT2D eigenvalue weighted by Crippen LogP contribution is -2.11. The maximum Gasteiger partial charge on any atom is 0.123 e. The van der Waals surface area contributed by atoms with Gasteiger partial charge in [-0.2, -0.15) is 0 Å². The summed E-state index contributed by atoms with van der Waals surface area (Å²) in [6.07, 6.45) is 0. The van der Waals surface area contributed by atoms with Crippen molar-refractivity contribution in [2.75, 3.05) is 0 Å². The summed E-state index contributed by atoms with van der Waals surface area (Å²) in [5.41, 5.74) is 7.56. The van der Waals surface area contributed by atoms with Crippen molar-refractivity contribution in [2.45, 2.75) is 6.04 Å². The summed E-state index contributed by atoms with van der Waals surface area (Å²) in [5.74, 6) is -0.329. The Morgan fingerprint density at radius 2 is 2.12 bits per heavy atom. The van der Waals surface area contributed by atoms with E-state index in [2.05, 4.69) is 15.9 Å². The average molecular weight is 321 g/mol. The second-order valence-electron chi connectivity index (χ2n) is 3.33. The Kier molecular flexibility index (Phi) is 3.64. The van der Waals surface area contributed by atoms with Gasteiger partial charge in [0.05, 0.1) is 9.83 Å². The van der Waals surface area contributed by atoms with Crippen LogP contribution in [0.15, 0.2) is 33.4 Å². The molecule has 1 aromatic carbocycles. The molecular weight excluding hydrogens is 313 g/mol. The lowest BCUT2D eigenvalue weighted by Gasteiger charge is -2.12. The van der Waals surface area contributed by atoms with Crippen LogP contribution in [0.1, 0.15) is 17.2 Å². The fourth-order valence-electron chi connectivity index (χ4n) is 1.42. The monoisotopic (exact) mass is 319 g/mol. The number of halogens is 3. The van der Waals surface area contributed by atoms with Gasteiger partial charge in [0.2, 0.25) is 0 Å². The minimum Gasteiger partial charge on any atom is -0.320 e. The summed E-state index contributed by atoms with van der Waals surface area (Å²) in [6.45, 7) is 0. The van der Waals surface area contributed by atoms with Crippen molar-refractivity contribution in [3.8, 4) is 0 Å². The summed E-state index contributed by atoms with van der Waals surface area (Å²) in [5, 5.41) is 2.41. The van der Waals surface area contributed by atoms with E-state index in [-0.39, 0.29) is 5.82 Å². The van der Waals surface area contributed by atoms with Gasteiger partial charge in [-0.3, -0.25) is 0 Å². The highest BCUT2D eigenvalue weighted by Crippen LogP contribution is 2.31. The third-order valence-electron chi connectivity index (χ3n) is 2.24. The Labute approximate surface area is 110 Å². The van der Waals surface area contributed by atoms with Gasteiger partial charge in [0.15, 0.2) is 0 Å². The van der Waals surface area contributed by atoms with Crippen molar-refractivity contribution in [1.29, 1.82) is 0 Å². The highest BCUT2D eigenvalue weighted by atomic mass is 79.9. The van der Waals surface area contributed by atoms with Crippen LogP contribution in [0.5, 0.6) is 0 Å². The molecule has 2 N–H and O–H groups in total. The van der Waals surface area contributed by atoms with Gasteiger partial charge in [-0.05, 0) is 56.7 Å². The Hall–Kier alpha value is -0.420. The molecular formula is C11H8BrClFNS. The number of benzene rings is 1. The summed E-state index contributed by atoms with van der Waals surface area (Å²) >= 11 is 10.9. The Morgan fingerprint density at radius 3 is 2.75 bits per heavy atom. The molecule has 5 heteroatoms. The molecule has 0 radical (unpaired) electrons. The number of hydrogen-bond donors (Lipinski definition) is 1. The van der Waals surface area contributed by atoms with Crippen LogP contribution >= 0.6 is 38.9 Å². The average Bonchev–Trinajstić information content (AvgIpc) is 2.67. The van der Waals surface area contributed by atoms with Gasteiger partial charge < -0.3 is 5.73 Å². The predicted molar refractivity (Wildman–Crippen MR) is 69.5 cm³/mol. The molecule has 0 aliphatic rings. The molecule has 0 aliphatic heterocycles. The van der Waals surface area contributed by atoms with Crippen molar-refractivity contribution in [1.82, 2.24) is 0 Å². The largest absolute Gasteiger partial charge is 0.320 e. The Balaban J connectivity index is 2.40. The van der Waals surface area contributed by atoms with E-state index in [4.69, 9.17) is 17.3 Å². The van der Waals surface area contributed by atoms with Crippen LogP contribution in [-0.4, -0.2) is 0 Å². The minimum absolute atomic E-state index is 0.329. The summed E-state index contributed by atoms with van der Waals surface area (Å²) in [4.78, 5) is 0. The zero-order chi connectivity index (χ0) is 11.7. The van der Waals surface area contributed by atoms with Crippen LogP contribution < -0.4 is 5.73 Å². The van der Waals surface area contributed by atoms with Gasteiger partial charge in [-0.1, -0.05) is 11.6 Å². The second kappa shape index (κ2) is 4.84. The molecule has 0 bridgehead atoms. The normalized spacial score (nSPS) is 12.8. The fourth-order valence-corrected chi connectivity index (χ4v) is 2.87. The first-order chi connectivity index (χ1) is 7.58. The lowest BCUT2D eigenvalue weighted by atomic mass is 10.0. The number of rotatable bonds is 2. The molecule has 0 amide bonds. The zero-order valence-corrected chi connectivity index (χ0v) is 11.2. The molecule has 16 heavy (non-hydrogen) atoms. The van der Waals surface area contributed by atoms with E-state index in [1.807, 2.05) is 11.4 Å². The van der Waals surface area contributed by atoms with Gasteiger partial charge in [0.1, 0.15) is 5.82 Å². The second-order valence-corrected chi connectivity index (χ2v) is 6.03. The summed E-state index contributed by atoms with van der Waals surface area (Å²) in [6, 6.07) is 5.73. The molecule has 1 unspecified atom stereocenters. The predicted octanol–water partition coefficient (Wildman–Crippen LogP) is 4.35. The number of hydrogen-bond acceptors (Lipinski definition) is 2. The van der Waals surface area contributed by atoms with E-state index in [0.717, 1.165) is 9.35 Å². The lowest BCUT2D eigenvalue weighted by molar-refractivity contribution is 0.623. The van der Waals surface area contributed by atoms with Gasteiger partial charge in [0, 0.05) is 5.02 Å². The Bertz CT molecular complexity index is 514. The molecule has 0 saturated heterocycles. The van der Waals surface area contributed by atoms with Crippen molar-refractivity contribution in [3.05, 3.63) is 55.4 Å². The van der Waals surface area contributed by atoms with Crippen molar-refractivity contribution in [3.63, 3.8) is 0 Å². The van der Waals surface area contributed by atoms with Crippen LogP contribution in [0.2, 0.25) is 5.02 Å². The SMILES string of the molecule is NC(c1csc(Br)c1)c1cc(F)ccc1Cl. The van der Waals surface area contributed by atoms with Crippen LogP contribution in [0, 0.1) is 5.82 Å². The first kappa shape index (κ1) is 12.0. The molecule has 1 heterocycles. The topological polar surface area (TPSA) is 26.0 Å². The fraction of sp³-hybridized carbons (Fsp3) is 0.0909. The third-order valence-corrected chi connectivity index (χ3v) is 4.11. The number of thiophene rings is 1. The van der Waals surface area contributed by atoms with Crippen molar-refractivity contribution in [2.24, 2.45) is 5.73 Å². The highest BCUT2D eigenvalue weighted by Gasteiger charge is 2.14. The van der Waals surface area contributed by atoms with E-state index in [0.29, 0.717) is 10.6 Å². The first-order valence-electron chi connectivity index (χ1n) is 4.52. The number of nitrogens with two attached hydrogens (primary N) is 1. The van der Waals surface area contributed by atoms with E-state index in [1.54, 1.807) is 0 Å². The minimum atomic E-state index is -0.397. The van der Waals surface area contributed by atoms with Gasteiger partial charge in [0.25, 0.3) is 0 Å². The highest BCUT2D eigenvalue weighted by molar-refractivity contribution is 9.11. The van der Waals surface area contributed by atoms with E-state index >= 15 is 0 Å². The van der Waals surface area contributed by atoms with E-state index in [9.17, 15) is 4.39 Å². The van der Waals surface area contributed by atoms with E-state index in [1.165, 1.54) is 29.5 Å². The van der Waals surface area contributed by atoms with Gasteiger partial charge >= 0.3 is 0 Å². The zero-order valence-electron chi connectivity index (χ0n) is 8.08. The summed E-state index contributed by atoms with van der Waals surface area (Å²) < 4.78 is 14.1. The van der Waals surface area contributed by atoms with Crippen LogP contribution in [0.25, 0.3) is 0 Å². The third kappa shape index (κ3) is 2.46. The maximum atomic E-state index is 13.1. The molecule has 1 atom stereocenters. The molecule has 2 aromatic rings. The quantitative estimate of drug-likeness (QED) is 0.874. The van der Waals surface area contributed by atoms with Crippen LogP contribution in [0.4, 0.5) is 4.39 Å². The molecule has 84 valence electrons. The first-order valence-corrected chi connectivity index (χ1v) is 6.57. The Morgan fingerprint density at radius 1 is 1.38 bits per heavy atom. The molecule has 0 fully saturated rings. The van der Waals surface area contributed by atoms with Gasteiger partial charge in [-0.15, -0.1) is 11.3 Å². The van der Waals surface area contributed by atoms with Crippen molar-refractivity contribution < 1.29 is 4.39 Å². The van der Waals surface area contributed by atoms with Gasteiger partial charge in [-0.25, -0.2) is 4.39 Å². The molecule has 1 aromatic heterocycles. The maximum absolute atomic E-state index is 13.1. The molecule has 0 aliphatic carbocycles. The van der Waals surface area contributed by atoms with Crippen molar-refractivity contribution >= 4 is 38.9 Å². The molecule has 1 nitrogen and oxygen atoms in total. The molecule has 0 spiro atoms. The van der Waals surface area contributed by atoms with E-state index < -0.39 is 6.04 Å². The molecule has 0 saturated carbocycles.